The first-order valence-electron chi connectivity index (χ1n) is 7.02. The summed E-state index contributed by atoms with van der Waals surface area (Å²) < 4.78 is 40.2. The van der Waals surface area contributed by atoms with Crippen LogP contribution in [0.4, 0.5) is 4.39 Å². The number of hydrogen-bond acceptors (Lipinski definition) is 3. The van der Waals surface area contributed by atoms with E-state index in [2.05, 4.69) is 9.71 Å². The number of nitrogens with one attached hydrogen (secondary N) is 2. The molecule has 2 N–H and O–H groups in total. The number of halogens is 1. The molecule has 0 saturated carbocycles. The molecular formula is C15H18FN3O3S. The molecule has 0 aliphatic rings. The fourth-order valence-corrected chi connectivity index (χ4v) is 3.17. The molecule has 0 fully saturated rings. The highest BCUT2D eigenvalue weighted by Crippen LogP contribution is 2.17. The molecule has 1 amide bonds. The summed E-state index contributed by atoms with van der Waals surface area (Å²) in [5.41, 5.74) is 0.510. The van der Waals surface area contributed by atoms with Crippen LogP contribution in [0.25, 0.3) is 0 Å². The van der Waals surface area contributed by atoms with Gasteiger partial charge in [-0.2, -0.15) is 0 Å². The Morgan fingerprint density at radius 2 is 2.09 bits per heavy atom. The topological polar surface area (TPSA) is 82.3 Å². The molecule has 1 aromatic heterocycles. The Hall–Kier alpha value is -2.19. The smallest absolute Gasteiger partial charge is 0.256 e. The fraction of sp³-hybridized carbons (Fsp3) is 0.267. The van der Waals surface area contributed by atoms with Crippen molar-refractivity contribution in [2.24, 2.45) is 0 Å². The molecule has 1 aromatic carbocycles. The number of carbonyl (C=O) groups excluding carboxylic acids is 1. The minimum absolute atomic E-state index is 0.141. The molecule has 0 atom stereocenters. The number of amides is 1. The van der Waals surface area contributed by atoms with Gasteiger partial charge in [0.1, 0.15) is 5.82 Å². The highest BCUT2D eigenvalue weighted by molar-refractivity contribution is 7.89. The largest absolute Gasteiger partial charge is 0.364 e. The van der Waals surface area contributed by atoms with Crippen LogP contribution in [0.3, 0.4) is 0 Å². The average molecular weight is 339 g/mol. The van der Waals surface area contributed by atoms with Crippen LogP contribution in [0.15, 0.2) is 41.4 Å². The number of nitrogens with zero attached hydrogens (tertiary/aromatic N) is 1. The third-order valence-corrected chi connectivity index (χ3v) is 4.77. The Balaban J connectivity index is 2.29. The van der Waals surface area contributed by atoms with Crippen molar-refractivity contribution in [3.8, 4) is 0 Å². The second-order valence-electron chi connectivity index (χ2n) is 5.00. The van der Waals surface area contributed by atoms with E-state index in [-0.39, 0.29) is 23.5 Å². The second kappa shape index (κ2) is 6.93. The van der Waals surface area contributed by atoms with Crippen LogP contribution >= 0.6 is 0 Å². The molecule has 1 heterocycles. The van der Waals surface area contributed by atoms with E-state index in [1.165, 1.54) is 11.9 Å². The zero-order valence-corrected chi connectivity index (χ0v) is 13.7. The highest BCUT2D eigenvalue weighted by Gasteiger charge is 2.21. The number of aromatic nitrogens is 1. The molecular weight excluding hydrogens is 321 g/mol. The lowest BCUT2D eigenvalue weighted by molar-refractivity contribution is 0.0778. The third kappa shape index (κ3) is 3.96. The van der Waals surface area contributed by atoms with E-state index >= 15 is 0 Å². The number of sulfonamides is 1. The summed E-state index contributed by atoms with van der Waals surface area (Å²) in [7, 11) is -2.23. The fourth-order valence-electron chi connectivity index (χ4n) is 2.11. The van der Waals surface area contributed by atoms with Gasteiger partial charge in [0.25, 0.3) is 5.91 Å². The standard InChI is InChI=1S/C15H18FN3O3S/c1-3-18-23(21,22)12-6-7-14(16)13(9-12)15(20)19(2)10-11-5-4-8-17-11/h4-9,17-18H,3,10H2,1-2H3. The number of benzene rings is 1. The van der Waals surface area contributed by atoms with Crippen LogP contribution in [0.5, 0.6) is 0 Å². The van der Waals surface area contributed by atoms with Crippen LogP contribution in [0, 0.1) is 5.82 Å². The molecule has 0 unspecified atom stereocenters. The minimum Gasteiger partial charge on any atom is -0.364 e. The van der Waals surface area contributed by atoms with E-state index in [0.29, 0.717) is 0 Å². The lowest BCUT2D eigenvalue weighted by Gasteiger charge is -2.17. The maximum Gasteiger partial charge on any atom is 0.256 e. The Bertz CT molecular complexity index is 788. The molecule has 0 aliphatic carbocycles. The Labute approximate surface area is 134 Å². The van der Waals surface area contributed by atoms with E-state index < -0.39 is 21.7 Å². The number of hydrogen-bond donors (Lipinski definition) is 2. The molecule has 2 rings (SSSR count). The van der Waals surface area contributed by atoms with Crippen molar-refractivity contribution in [1.82, 2.24) is 14.6 Å². The van der Waals surface area contributed by atoms with Gasteiger partial charge in [-0.25, -0.2) is 17.5 Å². The summed E-state index contributed by atoms with van der Waals surface area (Å²) >= 11 is 0. The van der Waals surface area contributed by atoms with Crippen molar-refractivity contribution in [2.75, 3.05) is 13.6 Å². The van der Waals surface area contributed by atoms with E-state index in [1.807, 2.05) is 0 Å². The van der Waals surface area contributed by atoms with Gasteiger partial charge in [0.2, 0.25) is 10.0 Å². The second-order valence-corrected chi connectivity index (χ2v) is 6.77. The molecule has 6 nitrogen and oxygen atoms in total. The van der Waals surface area contributed by atoms with Crippen molar-refractivity contribution in [3.05, 3.63) is 53.6 Å². The summed E-state index contributed by atoms with van der Waals surface area (Å²) in [5.74, 6) is -1.35. The van der Waals surface area contributed by atoms with Crippen LogP contribution in [-0.4, -0.2) is 37.8 Å². The van der Waals surface area contributed by atoms with E-state index in [1.54, 1.807) is 25.3 Å². The van der Waals surface area contributed by atoms with Gasteiger partial charge in [-0.1, -0.05) is 6.92 Å². The quantitative estimate of drug-likeness (QED) is 0.841. The molecule has 0 saturated heterocycles. The Morgan fingerprint density at radius 1 is 1.35 bits per heavy atom. The monoisotopic (exact) mass is 339 g/mol. The molecule has 0 radical (unpaired) electrons. The first-order chi connectivity index (χ1) is 10.8. The van der Waals surface area contributed by atoms with E-state index in [0.717, 1.165) is 23.9 Å². The van der Waals surface area contributed by atoms with Gasteiger partial charge >= 0.3 is 0 Å². The molecule has 124 valence electrons. The number of H-pyrrole nitrogens is 1. The van der Waals surface area contributed by atoms with E-state index in [9.17, 15) is 17.6 Å². The molecule has 8 heteroatoms. The van der Waals surface area contributed by atoms with Crippen molar-refractivity contribution in [3.63, 3.8) is 0 Å². The van der Waals surface area contributed by atoms with Crippen LogP contribution in [-0.2, 0) is 16.6 Å². The highest BCUT2D eigenvalue weighted by atomic mass is 32.2. The molecule has 0 spiro atoms. The first-order valence-corrected chi connectivity index (χ1v) is 8.50. The van der Waals surface area contributed by atoms with Gasteiger partial charge in [0.15, 0.2) is 0 Å². The third-order valence-electron chi connectivity index (χ3n) is 3.23. The summed E-state index contributed by atoms with van der Waals surface area (Å²) in [6.45, 7) is 2.10. The predicted molar refractivity (Wildman–Crippen MR) is 83.9 cm³/mol. The summed E-state index contributed by atoms with van der Waals surface area (Å²) in [4.78, 5) is 16.5. The normalized spacial score (nSPS) is 11.4. The molecule has 2 aromatic rings. The van der Waals surface area contributed by atoms with Gasteiger partial charge in [-0.05, 0) is 30.3 Å². The van der Waals surface area contributed by atoms with Crippen molar-refractivity contribution < 1.29 is 17.6 Å². The lowest BCUT2D eigenvalue weighted by Crippen LogP contribution is -2.28. The van der Waals surface area contributed by atoms with E-state index in [4.69, 9.17) is 0 Å². The molecule has 23 heavy (non-hydrogen) atoms. The van der Waals surface area contributed by atoms with Gasteiger partial charge < -0.3 is 9.88 Å². The van der Waals surface area contributed by atoms with Crippen molar-refractivity contribution in [2.45, 2.75) is 18.4 Å². The lowest BCUT2D eigenvalue weighted by atomic mass is 10.2. The zero-order chi connectivity index (χ0) is 17.0. The number of rotatable bonds is 6. The number of aromatic amines is 1. The summed E-state index contributed by atoms with van der Waals surface area (Å²) in [5, 5.41) is 0. The minimum atomic E-state index is -3.75. The van der Waals surface area contributed by atoms with Gasteiger partial charge in [0, 0.05) is 25.5 Å². The Morgan fingerprint density at radius 3 is 2.70 bits per heavy atom. The molecule has 0 aliphatic heterocycles. The van der Waals surface area contributed by atoms with Gasteiger partial charge in [-0.15, -0.1) is 0 Å². The van der Waals surface area contributed by atoms with Crippen molar-refractivity contribution >= 4 is 15.9 Å². The van der Waals surface area contributed by atoms with Crippen LogP contribution in [0.1, 0.15) is 23.0 Å². The van der Waals surface area contributed by atoms with Crippen LogP contribution in [0.2, 0.25) is 0 Å². The average Bonchev–Trinajstić information content (AvgIpc) is 2.99. The van der Waals surface area contributed by atoms with Gasteiger partial charge in [-0.3, -0.25) is 4.79 Å². The van der Waals surface area contributed by atoms with Crippen LogP contribution < -0.4 is 4.72 Å². The Kier molecular flexibility index (Phi) is 5.17. The van der Waals surface area contributed by atoms with Gasteiger partial charge in [0.05, 0.1) is 17.0 Å². The summed E-state index contributed by atoms with van der Waals surface area (Å²) in [6, 6.07) is 6.76. The SMILES string of the molecule is CCNS(=O)(=O)c1ccc(F)c(C(=O)N(C)Cc2ccc[nH]2)c1. The molecule has 0 bridgehead atoms. The maximum atomic E-state index is 14.0. The number of carbonyl (C=O) groups is 1. The summed E-state index contributed by atoms with van der Waals surface area (Å²) in [6.07, 6.45) is 1.72. The maximum absolute atomic E-state index is 14.0. The zero-order valence-electron chi connectivity index (χ0n) is 12.8. The first kappa shape index (κ1) is 17.2. The predicted octanol–water partition coefficient (Wildman–Crippen LogP) is 1.72. The van der Waals surface area contributed by atoms with Crippen molar-refractivity contribution in [1.29, 1.82) is 0 Å².